The summed E-state index contributed by atoms with van der Waals surface area (Å²) in [5.41, 5.74) is 6.33. The van der Waals surface area contributed by atoms with Crippen molar-refractivity contribution in [2.75, 3.05) is 0 Å². The highest BCUT2D eigenvalue weighted by atomic mass is 35.5. The Morgan fingerprint density at radius 2 is 2.17 bits per heavy atom. The molecule has 7 heteroatoms. The van der Waals surface area contributed by atoms with Crippen LogP contribution in [0.3, 0.4) is 0 Å². The molecule has 1 aliphatic rings. The highest BCUT2D eigenvalue weighted by Crippen LogP contribution is 2.40. The van der Waals surface area contributed by atoms with Crippen LogP contribution in [0.15, 0.2) is 46.6 Å². The van der Waals surface area contributed by atoms with Crippen LogP contribution in [0.4, 0.5) is 0 Å². The molecule has 0 radical (unpaired) electrons. The topological polar surface area (TPSA) is 101 Å². The van der Waals surface area contributed by atoms with Gasteiger partial charge in [0.15, 0.2) is 0 Å². The van der Waals surface area contributed by atoms with E-state index in [1.54, 1.807) is 31.2 Å². The lowest BCUT2D eigenvalue weighted by Crippen LogP contribution is -2.31. The first kappa shape index (κ1) is 15.0. The first-order chi connectivity index (χ1) is 10.9. The van der Waals surface area contributed by atoms with Gasteiger partial charge in [-0.2, -0.15) is 9.99 Å². The quantitative estimate of drug-likeness (QED) is 0.781. The van der Waals surface area contributed by atoms with Gasteiger partial charge in [-0.1, -0.05) is 23.7 Å². The third-order valence-corrected chi connectivity index (χ3v) is 3.96. The van der Waals surface area contributed by atoms with Gasteiger partial charge in [0, 0.05) is 11.1 Å². The summed E-state index contributed by atoms with van der Waals surface area (Å²) in [5.74, 6) is -0.604. The van der Waals surface area contributed by atoms with Gasteiger partial charge in [-0.25, -0.2) is 0 Å². The molecule has 2 aromatic rings. The Kier molecular flexibility index (Phi) is 3.51. The van der Waals surface area contributed by atoms with Crippen LogP contribution in [0.5, 0.6) is 5.75 Å². The number of aromatic nitrogens is 1. The van der Waals surface area contributed by atoms with E-state index in [-0.39, 0.29) is 22.8 Å². The fourth-order valence-electron chi connectivity index (χ4n) is 2.66. The van der Waals surface area contributed by atoms with Gasteiger partial charge in [0.2, 0.25) is 5.88 Å². The highest BCUT2D eigenvalue weighted by Gasteiger charge is 2.34. The molecule has 3 rings (SSSR count). The molecule has 1 aliphatic heterocycles. The van der Waals surface area contributed by atoms with Crippen LogP contribution in [0.1, 0.15) is 22.7 Å². The third kappa shape index (κ3) is 2.31. The second kappa shape index (κ2) is 5.38. The number of ether oxygens (including phenoxy) is 1. The molecule has 0 bridgehead atoms. The second-order valence-electron chi connectivity index (χ2n) is 5.16. The molecule has 6 nitrogen and oxygen atoms in total. The fraction of sp³-hybridized carbons (Fsp3) is 0.125. The van der Waals surface area contributed by atoms with E-state index >= 15 is 0 Å². The Balaban J connectivity index is 2.36. The van der Waals surface area contributed by atoms with E-state index in [4.69, 9.17) is 22.1 Å². The summed E-state index contributed by atoms with van der Waals surface area (Å²) in [4.78, 5) is 12.5. The van der Waals surface area contributed by atoms with E-state index in [1.807, 2.05) is 6.07 Å². The first-order valence-electron chi connectivity index (χ1n) is 6.73. The predicted molar refractivity (Wildman–Crippen MR) is 83.4 cm³/mol. The van der Waals surface area contributed by atoms with Gasteiger partial charge < -0.3 is 15.7 Å². The zero-order chi connectivity index (χ0) is 16.7. The van der Waals surface area contributed by atoms with Crippen LogP contribution in [0, 0.1) is 18.3 Å². The van der Waals surface area contributed by atoms with Crippen molar-refractivity contribution in [2.24, 2.45) is 5.73 Å². The Morgan fingerprint density at radius 3 is 2.83 bits per heavy atom. The van der Waals surface area contributed by atoms with Crippen LogP contribution < -0.4 is 16.0 Å². The third-order valence-electron chi connectivity index (χ3n) is 3.73. The molecule has 1 aromatic carbocycles. The van der Waals surface area contributed by atoms with Crippen molar-refractivity contribution in [3.63, 3.8) is 0 Å². The van der Waals surface area contributed by atoms with Crippen LogP contribution in [0.2, 0.25) is 5.02 Å². The van der Waals surface area contributed by atoms with Crippen molar-refractivity contribution in [1.82, 2.24) is 4.73 Å². The first-order valence-corrected chi connectivity index (χ1v) is 7.10. The fourth-order valence-corrected chi connectivity index (χ4v) is 2.86. The Bertz CT molecular complexity index is 941. The second-order valence-corrected chi connectivity index (χ2v) is 5.60. The van der Waals surface area contributed by atoms with Gasteiger partial charge in [0.25, 0.3) is 5.56 Å². The summed E-state index contributed by atoms with van der Waals surface area (Å²) >= 11 is 6.02. The molecule has 0 aliphatic carbocycles. The number of nitrogens with two attached hydrogens (primary N) is 1. The zero-order valence-corrected chi connectivity index (χ0v) is 12.8. The highest BCUT2D eigenvalue weighted by molar-refractivity contribution is 6.30. The minimum atomic E-state index is -0.756. The molecule has 0 spiro atoms. The number of pyridine rings is 1. The van der Waals surface area contributed by atoms with Crippen molar-refractivity contribution >= 4 is 11.6 Å². The maximum absolute atomic E-state index is 12.5. The molecular weight excluding hydrogens is 318 g/mol. The van der Waals surface area contributed by atoms with Gasteiger partial charge >= 0.3 is 0 Å². The van der Waals surface area contributed by atoms with Crippen LogP contribution in [-0.2, 0) is 0 Å². The molecular formula is C16H12ClN3O3. The number of fused-ring (bicyclic) bond motifs is 1. The number of halogens is 1. The molecule has 3 N–H and O–H groups in total. The number of nitriles is 1. The summed E-state index contributed by atoms with van der Waals surface area (Å²) < 4.78 is 5.94. The van der Waals surface area contributed by atoms with Crippen LogP contribution in [-0.4, -0.2) is 9.94 Å². The van der Waals surface area contributed by atoms with Crippen molar-refractivity contribution in [3.8, 4) is 11.8 Å². The van der Waals surface area contributed by atoms with E-state index in [1.165, 1.54) is 6.07 Å². The van der Waals surface area contributed by atoms with E-state index < -0.39 is 11.5 Å². The summed E-state index contributed by atoms with van der Waals surface area (Å²) in [5, 5.41) is 19.8. The summed E-state index contributed by atoms with van der Waals surface area (Å²) in [6.45, 7) is 1.55. The number of hydrogen-bond donors (Lipinski definition) is 2. The summed E-state index contributed by atoms with van der Waals surface area (Å²) in [7, 11) is 0. The average Bonchev–Trinajstić information content (AvgIpc) is 2.51. The van der Waals surface area contributed by atoms with Crippen molar-refractivity contribution in [2.45, 2.75) is 12.8 Å². The minimum Gasteiger partial charge on any atom is -0.440 e. The molecule has 1 atom stereocenters. The normalized spacial score (nSPS) is 16.5. The number of benzene rings is 1. The molecule has 0 fully saturated rings. The number of aryl methyl sites for hydroxylation is 1. The summed E-state index contributed by atoms with van der Waals surface area (Å²) in [6.07, 6.45) is 0. The lowest BCUT2D eigenvalue weighted by atomic mass is 9.84. The number of allylic oxidation sites excluding steroid dienone is 1. The molecule has 0 saturated carbocycles. The monoisotopic (exact) mass is 329 g/mol. The average molecular weight is 330 g/mol. The Hall–Kier alpha value is -2.91. The van der Waals surface area contributed by atoms with Crippen molar-refractivity contribution < 1.29 is 9.94 Å². The largest absolute Gasteiger partial charge is 0.440 e. The number of nitrogens with zero attached hydrogens (tertiary/aromatic N) is 2. The Labute approximate surface area is 136 Å². The molecule has 0 unspecified atom stereocenters. The molecule has 0 saturated heterocycles. The Morgan fingerprint density at radius 1 is 1.43 bits per heavy atom. The predicted octanol–water partition coefficient (Wildman–Crippen LogP) is 2.27. The van der Waals surface area contributed by atoms with Crippen LogP contribution in [0.25, 0.3) is 0 Å². The van der Waals surface area contributed by atoms with Crippen molar-refractivity contribution in [1.29, 1.82) is 5.26 Å². The standard InChI is InChI=1S/C16H12ClN3O3/c1-8-5-12-14(16(21)20(8)22)13(11(7-18)15(19)23-12)9-3-2-4-10(17)6-9/h2-6,13,22H,19H2,1H3/t13-/m1/s1. The van der Waals surface area contributed by atoms with Gasteiger partial charge in [-0.05, 0) is 24.6 Å². The van der Waals surface area contributed by atoms with Gasteiger partial charge in [-0.3, -0.25) is 4.79 Å². The molecule has 0 amide bonds. The smallest absolute Gasteiger partial charge is 0.291 e. The SMILES string of the molecule is Cc1cc2c(c(=O)n1O)[C@H](c1cccc(Cl)c1)C(C#N)=C(N)O2. The number of hydrogen-bond acceptors (Lipinski definition) is 5. The zero-order valence-electron chi connectivity index (χ0n) is 12.1. The van der Waals surface area contributed by atoms with Crippen LogP contribution >= 0.6 is 11.6 Å². The van der Waals surface area contributed by atoms with Gasteiger partial charge in [-0.15, -0.1) is 0 Å². The molecule has 2 heterocycles. The van der Waals surface area contributed by atoms with E-state index in [2.05, 4.69) is 0 Å². The molecule has 1 aromatic heterocycles. The van der Waals surface area contributed by atoms with E-state index in [9.17, 15) is 15.3 Å². The van der Waals surface area contributed by atoms with Crippen molar-refractivity contribution in [3.05, 3.63) is 74.0 Å². The lowest BCUT2D eigenvalue weighted by Gasteiger charge is -2.26. The maximum atomic E-state index is 12.5. The van der Waals surface area contributed by atoms with Gasteiger partial charge in [0.1, 0.15) is 17.4 Å². The summed E-state index contributed by atoms with van der Waals surface area (Å²) in [6, 6.07) is 10.3. The molecule has 116 valence electrons. The molecule has 23 heavy (non-hydrogen) atoms. The van der Waals surface area contributed by atoms with E-state index in [0.29, 0.717) is 21.0 Å². The lowest BCUT2D eigenvalue weighted by molar-refractivity contribution is 0.165. The van der Waals surface area contributed by atoms with E-state index in [0.717, 1.165) is 0 Å². The van der Waals surface area contributed by atoms with Gasteiger partial charge in [0.05, 0.1) is 17.2 Å². The minimum absolute atomic E-state index is 0.0699. The maximum Gasteiger partial charge on any atom is 0.291 e. The number of rotatable bonds is 1.